The molecule has 0 nitrogen and oxygen atoms in total. The molecule has 0 spiro atoms. The van der Waals surface area contributed by atoms with Crippen LogP contribution in [0.3, 0.4) is 0 Å². The molecule has 0 amide bonds. The number of rotatable bonds is 13. The van der Waals surface area contributed by atoms with Gasteiger partial charge in [0.15, 0.2) is 0 Å². The van der Waals surface area contributed by atoms with Crippen LogP contribution >= 0.6 is 0 Å². The Morgan fingerprint density at radius 2 is 0.444 bits per heavy atom. The summed E-state index contributed by atoms with van der Waals surface area (Å²) in [5.74, 6) is 41.2. The number of hydrogen-bond acceptors (Lipinski definition) is 0. The Bertz CT molecular complexity index is 2470. The van der Waals surface area contributed by atoms with Crippen molar-refractivity contribution in [3.05, 3.63) is 6.42 Å². The summed E-state index contributed by atoms with van der Waals surface area (Å²) >= 11 is 0. The zero-order valence-electron chi connectivity index (χ0n) is 59.8. The van der Waals surface area contributed by atoms with Crippen molar-refractivity contribution in [2.24, 2.45) is 59.2 Å². The van der Waals surface area contributed by atoms with E-state index in [2.05, 4.69) is 159 Å². The molecule has 10 rings (SSSR count). The minimum absolute atomic E-state index is 0.662. The van der Waals surface area contributed by atoms with Crippen LogP contribution in [-0.4, -0.2) is 32.3 Å². The molecule has 0 radical (unpaired) electrons. The normalized spacial score (nSPS) is 20.3. The molecule has 0 saturated heterocycles. The molecular weight excluding hydrogens is 1150 g/mol. The van der Waals surface area contributed by atoms with Gasteiger partial charge in [0.2, 0.25) is 32.3 Å². The van der Waals surface area contributed by atoms with Gasteiger partial charge in [-0.1, -0.05) is 132 Å². The number of hydrogen-bond donors (Lipinski definition) is 0. The van der Waals surface area contributed by atoms with E-state index in [1.54, 1.807) is 0 Å². The fourth-order valence-electron chi connectivity index (χ4n) is 13.2. The SMILES string of the molecule is C#CC1CC1.CC[Si](C#CC1CC1)(C#CC1CC1)CC.CC[Si](C#CCC1CCCCC1)(C#CC1CC1)CC.CC[Si](C#CCC1CCCCC1)(C#CC1CC1)CC.CC[Si](C#CCC1CCCCC1)(C#CCC1CCCCC1)CC.[C+]#CCC1CCCCC1. The summed E-state index contributed by atoms with van der Waals surface area (Å²) in [7, 11) is -6.29. The van der Waals surface area contributed by atoms with Crippen LogP contribution in [0.2, 0.25) is 48.4 Å². The molecule has 4 heteroatoms. The van der Waals surface area contributed by atoms with Crippen LogP contribution in [0.4, 0.5) is 0 Å². The Labute approximate surface area is 564 Å². The van der Waals surface area contributed by atoms with Crippen molar-refractivity contribution in [1.29, 1.82) is 0 Å². The van der Waals surface area contributed by atoms with Gasteiger partial charge in [0.1, 0.15) is 0 Å². The van der Waals surface area contributed by atoms with Gasteiger partial charge in [-0.2, -0.15) is 0 Å². The van der Waals surface area contributed by atoms with Crippen LogP contribution in [0.15, 0.2) is 0 Å². The fourth-order valence-corrected chi connectivity index (χ4v) is 22.0. The summed E-state index contributed by atoms with van der Waals surface area (Å²) in [6.07, 6.45) is 65.8. The molecular formula is C86H131Si4+. The average Bonchev–Trinajstić information content (AvgIpc) is 4.54. The van der Waals surface area contributed by atoms with Crippen LogP contribution in [0.25, 0.3) is 0 Å². The van der Waals surface area contributed by atoms with E-state index in [-0.39, 0.29) is 0 Å². The van der Waals surface area contributed by atoms with E-state index in [0.29, 0.717) is 5.92 Å². The summed E-state index contributed by atoms with van der Waals surface area (Å²) in [5, 5.41) is 0. The van der Waals surface area contributed by atoms with Gasteiger partial charge in [0.05, 0.1) is 0 Å². The van der Waals surface area contributed by atoms with Crippen molar-refractivity contribution in [2.45, 2.75) is 361 Å². The summed E-state index contributed by atoms with van der Waals surface area (Å²) in [6.45, 7) is 18.4. The quantitative estimate of drug-likeness (QED) is 0.0979. The summed E-state index contributed by atoms with van der Waals surface area (Å²) in [5.41, 5.74) is 29.3. The van der Waals surface area contributed by atoms with Crippen LogP contribution in [0.5, 0.6) is 0 Å². The zero-order valence-corrected chi connectivity index (χ0v) is 63.8. The molecule has 0 bridgehead atoms. The predicted octanol–water partition coefficient (Wildman–Crippen LogP) is 23.3. The predicted molar refractivity (Wildman–Crippen MR) is 405 cm³/mol. The van der Waals surface area contributed by atoms with Gasteiger partial charge in [-0.05, 0) is 188 Å². The Balaban J connectivity index is 0.000000204. The molecule has 0 heterocycles. The van der Waals surface area contributed by atoms with Crippen molar-refractivity contribution in [1.82, 2.24) is 0 Å². The third-order valence-electron chi connectivity index (χ3n) is 21.9. The second kappa shape index (κ2) is 45.1. The molecule has 10 aliphatic rings. The first-order valence-electron chi connectivity index (χ1n) is 38.9. The minimum atomic E-state index is -1.63. The Hall–Kier alpha value is -3.31. The van der Waals surface area contributed by atoms with Crippen LogP contribution < -0.4 is 0 Å². The van der Waals surface area contributed by atoms with Crippen molar-refractivity contribution in [3.63, 3.8) is 0 Å². The summed E-state index contributed by atoms with van der Waals surface area (Å²) in [6, 6.07) is 9.67. The molecule has 0 atom stereocenters. The van der Waals surface area contributed by atoms with Gasteiger partial charge >= 0.3 is 56.8 Å². The first-order chi connectivity index (χ1) is 44.0. The van der Waals surface area contributed by atoms with Crippen molar-refractivity contribution in [2.75, 3.05) is 0 Å². The van der Waals surface area contributed by atoms with E-state index in [0.717, 1.165) is 85.4 Å². The summed E-state index contributed by atoms with van der Waals surface area (Å²) in [4.78, 5) is 0. The molecule has 0 aromatic heterocycles. The van der Waals surface area contributed by atoms with Gasteiger partial charge in [-0.15, -0.1) is 104 Å². The second-order valence-corrected chi connectivity index (χ2v) is 46.0. The van der Waals surface area contributed by atoms with Crippen molar-refractivity contribution < 1.29 is 0 Å². The van der Waals surface area contributed by atoms with E-state index in [1.807, 2.05) is 0 Å². The molecule has 490 valence electrons. The monoisotopic (exact) mass is 1280 g/mol. The van der Waals surface area contributed by atoms with Gasteiger partial charge < -0.3 is 0 Å². The first kappa shape index (κ1) is 77.4. The molecule has 0 aromatic rings. The van der Waals surface area contributed by atoms with E-state index in [9.17, 15) is 0 Å². The Morgan fingerprint density at radius 3 is 0.611 bits per heavy atom. The Morgan fingerprint density at radius 1 is 0.256 bits per heavy atom. The van der Waals surface area contributed by atoms with Gasteiger partial charge in [-0.3, -0.25) is 0 Å². The second-order valence-electron chi connectivity index (χ2n) is 29.7. The Kier molecular flexibility index (Phi) is 38.8. The fraction of sp³-hybridized carbons (Fsp3) is 0.767. The van der Waals surface area contributed by atoms with Gasteiger partial charge in [-0.25, -0.2) is 0 Å². The number of terminal acetylenes is 1. The van der Waals surface area contributed by atoms with E-state index in [4.69, 9.17) is 12.8 Å². The van der Waals surface area contributed by atoms with E-state index in [1.165, 1.54) is 273 Å². The molecule has 10 aliphatic carbocycles. The molecule has 10 saturated carbocycles. The standard InChI is InChI=1S/C22H36Si.2C18H28Si.C14H20Si.C9H13.C5H6/c1-3-23(4-2,19-11-17-21-13-7-5-8-14-21)20-12-18-22-15-9-6-10-16-22;2*1-3-19(4-2,16-14-18-12-13-18)15-8-11-17-9-6-5-7-10-17;1-3-15(4-2,11-9-13-5-6-13)12-10-14-7-8-14;1-2-6-9-7-4-3-5-8-9;1-2-5-3-4-5/h21-22H,3-10,13-18H2,1-2H3;2*17-18H,3-7,9-13H2,1-2H3;13-14H,3-8H2,1-2H3;9H,3-8H2;1,5H,3-4H2/q;;;;+1;. The maximum absolute atomic E-state index is 6.79. The third-order valence-corrected chi connectivity index (χ3v) is 36.7. The van der Waals surface area contributed by atoms with Crippen LogP contribution in [0, 0.1) is 176 Å². The topological polar surface area (TPSA) is 0 Å². The molecule has 90 heavy (non-hydrogen) atoms. The zero-order chi connectivity index (χ0) is 64.4. The van der Waals surface area contributed by atoms with Crippen molar-refractivity contribution in [3.8, 4) is 110 Å². The third kappa shape index (κ3) is 33.7. The average molecular weight is 1280 g/mol. The van der Waals surface area contributed by atoms with Gasteiger partial charge in [0.25, 0.3) is 0 Å². The first-order valence-corrected chi connectivity index (χ1v) is 48.6. The molecule has 10 fully saturated rings. The van der Waals surface area contributed by atoms with E-state index >= 15 is 0 Å². The van der Waals surface area contributed by atoms with Crippen LogP contribution in [0.1, 0.15) is 312 Å². The summed E-state index contributed by atoms with van der Waals surface area (Å²) < 4.78 is 0. The van der Waals surface area contributed by atoms with E-state index < -0.39 is 32.3 Å². The van der Waals surface area contributed by atoms with Crippen molar-refractivity contribution >= 4 is 32.3 Å². The molecule has 0 N–H and O–H groups in total. The van der Waals surface area contributed by atoms with Crippen LogP contribution in [-0.2, 0) is 0 Å². The van der Waals surface area contributed by atoms with Gasteiger partial charge in [0, 0.05) is 55.3 Å². The molecule has 0 aromatic carbocycles. The molecule has 0 aliphatic heterocycles. The molecule has 0 unspecified atom stereocenters. The maximum atomic E-state index is 6.79.